The Kier molecular flexibility index (Phi) is 24.6. The van der Waals surface area contributed by atoms with Crippen LogP contribution in [-0.4, -0.2) is 105 Å². The normalized spacial score (nSPS) is 11.7. The van der Waals surface area contributed by atoms with Gasteiger partial charge in [0.25, 0.3) is 11.8 Å². The molecule has 0 heterocycles. The molecule has 0 saturated carbocycles. The molecular formula is C50H66Cl2N2O6S4. The first-order chi connectivity index (χ1) is 30.8. The minimum atomic E-state index is -1.07. The zero-order valence-corrected chi connectivity index (χ0v) is 42.6. The van der Waals surface area contributed by atoms with Crippen LogP contribution in [-0.2, 0) is 9.59 Å². The molecule has 2 amide bonds. The fraction of sp³-hybridized carbons (Fsp3) is 0.480. The van der Waals surface area contributed by atoms with Crippen molar-refractivity contribution in [1.82, 2.24) is 9.80 Å². The molecule has 4 rings (SSSR count). The van der Waals surface area contributed by atoms with E-state index in [2.05, 4.69) is 0 Å². The summed E-state index contributed by atoms with van der Waals surface area (Å²) in [6, 6.07) is 30.9. The van der Waals surface area contributed by atoms with Crippen molar-refractivity contribution in [2.75, 3.05) is 62.4 Å². The SMILES string of the molecule is CC(C)(Oc1ccc(Sc2ccc(Cl)cc2)cc1)C(=O)N(CCO)CCSCCCCCCCCCCSCCN(CCO)C(=O)C(C)(C)Oc1ccc(Sc2ccc(Cl)cc2)cc1. The van der Waals surface area contributed by atoms with Gasteiger partial charge in [0, 0.05) is 67.3 Å². The standard InChI is InChI=1S/C50H66Cl2N2O6S4/c1-49(2,59-41-17-25-45(26-18-41)63-43-21-13-39(51)14-22-43)47(57)53(29-33-55)31-37-61-35-11-9-7-5-6-8-10-12-36-62-38-32-54(30-34-56)48(58)50(3,4)60-42-19-27-46(28-20-42)64-44-23-15-40(52)16-24-44/h13-28,55-56H,5-12,29-38H2,1-4H3. The van der Waals surface area contributed by atoms with Gasteiger partial charge in [-0.15, -0.1) is 0 Å². The molecule has 0 fully saturated rings. The zero-order valence-electron chi connectivity index (χ0n) is 37.8. The van der Waals surface area contributed by atoms with Crippen LogP contribution in [0.15, 0.2) is 117 Å². The van der Waals surface area contributed by atoms with Gasteiger partial charge < -0.3 is 29.5 Å². The number of hydrogen-bond donors (Lipinski definition) is 2. The number of aliphatic hydroxyl groups is 2. The summed E-state index contributed by atoms with van der Waals surface area (Å²) < 4.78 is 12.3. The molecule has 2 N–H and O–H groups in total. The van der Waals surface area contributed by atoms with Crippen LogP contribution in [0.2, 0.25) is 10.0 Å². The Balaban J connectivity index is 1.00. The molecule has 14 heteroatoms. The number of amides is 2. The highest BCUT2D eigenvalue weighted by atomic mass is 35.5. The van der Waals surface area contributed by atoms with Crippen molar-refractivity contribution in [3.63, 3.8) is 0 Å². The van der Waals surface area contributed by atoms with E-state index in [1.807, 2.05) is 121 Å². The summed E-state index contributed by atoms with van der Waals surface area (Å²) >= 11 is 19.0. The highest BCUT2D eigenvalue weighted by molar-refractivity contribution is 8.00. The highest BCUT2D eigenvalue weighted by Crippen LogP contribution is 2.32. The number of benzene rings is 4. The van der Waals surface area contributed by atoms with Gasteiger partial charge in [-0.25, -0.2) is 0 Å². The Morgan fingerprint density at radius 2 is 0.766 bits per heavy atom. The van der Waals surface area contributed by atoms with Gasteiger partial charge in [-0.1, -0.05) is 85.3 Å². The van der Waals surface area contributed by atoms with E-state index < -0.39 is 11.2 Å². The molecule has 0 aliphatic carbocycles. The van der Waals surface area contributed by atoms with Gasteiger partial charge in [-0.05, 0) is 149 Å². The van der Waals surface area contributed by atoms with E-state index in [0.717, 1.165) is 55.4 Å². The van der Waals surface area contributed by atoms with Gasteiger partial charge in [0.05, 0.1) is 13.2 Å². The quantitative estimate of drug-likeness (QED) is 0.0474. The number of aliphatic hydroxyl groups excluding tert-OH is 2. The minimum absolute atomic E-state index is 0.0892. The van der Waals surface area contributed by atoms with Crippen LogP contribution in [0.25, 0.3) is 0 Å². The van der Waals surface area contributed by atoms with Crippen molar-refractivity contribution in [2.45, 2.75) is 110 Å². The largest absolute Gasteiger partial charge is 0.478 e. The van der Waals surface area contributed by atoms with Gasteiger partial charge >= 0.3 is 0 Å². The van der Waals surface area contributed by atoms with Gasteiger partial charge in [-0.3, -0.25) is 9.59 Å². The van der Waals surface area contributed by atoms with Crippen molar-refractivity contribution >= 4 is 82.1 Å². The summed E-state index contributed by atoms with van der Waals surface area (Å²) in [7, 11) is 0. The van der Waals surface area contributed by atoms with Crippen LogP contribution in [0.3, 0.4) is 0 Å². The number of nitrogens with zero attached hydrogens (tertiary/aromatic N) is 2. The maximum Gasteiger partial charge on any atom is 0.266 e. The number of hydrogen-bond acceptors (Lipinski definition) is 10. The highest BCUT2D eigenvalue weighted by Gasteiger charge is 2.35. The first-order valence-electron chi connectivity index (χ1n) is 22.2. The Bertz CT molecular complexity index is 1800. The van der Waals surface area contributed by atoms with E-state index in [4.69, 9.17) is 32.7 Å². The third kappa shape index (κ3) is 20.0. The molecule has 0 saturated heterocycles. The Hall–Kier alpha value is -2.68. The predicted molar refractivity (Wildman–Crippen MR) is 272 cm³/mol. The monoisotopic (exact) mass is 988 g/mol. The second-order valence-electron chi connectivity index (χ2n) is 16.4. The lowest BCUT2D eigenvalue weighted by Gasteiger charge is -2.32. The molecule has 0 radical (unpaired) electrons. The van der Waals surface area contributed by atoms with Gasteiger partial charge in [0.1, 0.15) is 11.5 Å². The summed E-state index contributed by atoms with van der Waals surface area (Å²) in [4.78, 5) is 34.7. The molecule has 0 atom stereocenters. The maximum atomic E-state index is 13.5. The fourth-order valence-electron chi connectivity index (χ4n) is 6.76. The number of thioether (sulfide) groups is 2. The van der Waals surface area contributed by atoms with Crippen LogP contribution in [0.1, 0.15) is 79.1 Å². The summed E-state index contributed by atoms with van der Waals surface area (Å²) in [5.74, 6) is 4.74. The number of rotatable bonds is 31. The molecule has 8 nitrogen and oxygen atoms in total. The minimum Gasteiger partial charge on any atom is -0.478 e. The topological polar surface area (TPSA) is 99.5 Å². The summed E-state index contributed by atoms with van der Waals surface area (Å²) in [5, 5.41) is 20.8. The average Bonchev–Trinajstić information content (AvgIpc) is 3.27. The molecule has 0 spiro atoms. The molecule has 0 aliphatic heterocycles. The van der Waals surface area contributed by atoms with Crippen molar-refractivity contribution in [1.29, 1.82) is 0 Å². The van der Waals surface area contributed by atoms with Crippen LogP contribution in [0.5, 0.6) is 11.5 Å². The van der Waals surface area contributed by atoms with Crippen LogP contribution >= 0.6 is 70.2 Å². The first-order valence-corrected chi connectivity index (χ1v) is 26.9. The second kappa shape index (κ2) is 29.2. The molecule has 350 valence electrons. The second-order valence-corrected chi connectivity index (χ2v) is 22.0. The van der Waals surface area contributed by atoms with Gasteiger partial charge in [-0.2, -0.15) is 23.5 Å². The predicted octanol–water partition coefficient (Wildman–Crippen LogP) is 12.5. The first kappa shape index (κ1) is 53.9. The van der Waals surface area contributed by atoms with E-state index in [-0.39, 0.29) is 38.1 Å². The Morgan fingerprint density at radius 1 is 0.469 bits per heavy atom. The number of carbonyl (C=O) groups excluding carboxylic acids is 2. The summed E-state index contributed by atoms with van der Waals surface area (Å²) in [6.07, 6.45) is 9.71. The molecule has 0 unspecified atom stereocenters. The average molecular weight is 990 g/mol. The maximum absolute atomic E-state index is 13.5. The van der Waals surface area contributed by atoms with Gasteiger partial charge in [0.15, 0.2) is 11.2 Å². The third-order valence-electron chi connectivity index (χ3n) is 10.2. The smallest absolute Gasteiger partial charge is 0.266 e. The summed E-state index contributed by atoms with van der Waals surface area (Å²) in [6.45, 7) is 8.67. The Morgan fingerprint density at radius 3 is 1.08 bits per heavy atom. The lowest BCUT2D eigenvalue weighted by Crippen LogP contribution is -2.50. The van der Waals surface area contributed by atoms with E-state index in [1.165, 1.54) is 38.5 Å². The lowest BCUT2D eigenvalue weighted by molar-refractivity contribution is -0.146. The summed E-state index contributed by atoms with van der Waals surface area (Å²) in [5.41, 5.74) is -2.14. The van der Waals surface area contributed by atoms with Gasteiger partial charge in [0.2, 0.25) is 0 Å². The van der Waals surface area contributed by atoms with E-state index in [1.54, 1.807) is 61.0 Å². The van der Waals surface area contributed by atoms with E-state index in [9.17, 15) is 19.8 Å². The molecule has 0 aliphatic rings. The Labute approximate surface area is 409 Å². The molecule has 64 heavy (non-hydrogen) atoms. The van der Waals surface area contributed by atoms with E-state index in [0.29, 0.717) is 34.6 Å². The third-order valence-corrected chi connectivity index (χ3v) is 14.8. The number of halogens is 2. The molecule has 4 aromatic carbocycles. The number of carbonyl (C=O) groups is 2. The van der Waals surface area contributed by atoms with Crippen molar-refractivity contribution in [2.24, 2.45) is 0 Å². The van der Waals surface area contributed by atoms with Crippen molar-refractivity contribution in [3.8, 4) is 11.5 Å². The van der Waals surface area contributed by atoms with Crippen molar-refractivity contribution in [3.05, 3.63) is 107 Å². The van der Waals surface area contributed by atoms with E-state index >= 15 is 0 Å². The molecule has 0 aromatic heterocycles. The number of unbranched alkanes of at least 4 members (excludes halogenated alkanes) is 7. The molecular weight excluding hydrogens is 924 g/mol. The zero-order chi connectivity index (χ0) is 46.2. The van der Waals surface area contributed by atoms with Crippen molar-refractivity contribution < 1.29 is 29.3 Å². The lowest BCUT2D eigenvalue weighted by atomic mass is 10.1. The molecule has 4 aromatic rings. The molecule has 0 bridgehead atoms. The van der Waals surface area contributed by atoms with Crippen LogP contribution < -0.4 is 9.47 Å². The van der Waals surface area contributed by atoms with Crippen LogP contribution in [0.4, 0.5) is 0 Å². The number of ether oxygens (including phenoxy) is 2. The fourth-order valence-corrected chi connectivity index (χ4v) is 10.6. The van der Waals surface area contributed by atoms with Crippen LogP contribution in [0, 0.1) is 0 Å².